The van der Waals surface area contributed by atoms with Gasteiger partial charge in [-0.1, -0.05) is 6.07 Å². The molecule has 0 atom stereocenters. The van der Waals surface area contributed by atoms with E-state index in [2.05, 4.69) is 5.32 Å². The van der Waals surface area contributed by atoms with Crippen molar-refractivity contribution in [3.8, 4) is 11.5 Å². The van der Waals surface area contributed by atoms with E-state index in [9.17, 15) is 17.6 Å². The van der Waals surface area contributed by atoms with Crippen LogP contribution in [0.3, 0.4) is 0 Å². The van der Waals surface area contributed by atoms with Crippen LogP contribution in [0.2, 0.25) is 0 Å². The van der Waals surface area contributed by atoms with Gasteiger partial charge in [-0.25, -0.2) is 8.78 Å². The van der Waals surface area contributed by atoms with Gasteiger partial charge < -0.3 is 14.8 Å². The van der Waals surface area contributed by atoms with Gasteiger partial charge in [-0.05, 0) is 17.7 Å². The van der Waals surface area contributed by atoms with Gasteiger partial charge in [0.1, 0.15) is 0 Å². The monoisotopic (exact) mass is 293 g/mol. The maximum absolute atomic E-state index is 12.7. The molecule has 0 aromatic heterocycles. The lowest BCUT2D eigenvalue weighted by Crippen LogP contribution is -2.38. The third-order valence-electron chi connectivity index (χ3n) is 2.82. The predicted molar refractivity (Wildman–Crippen MR) is 64.7 cm³/mol. The van der Waals surface area contributed by atoms with Crippen molar-refractivity contribution in [2.45, 2.75) is 25.3 Å². The molecule has 1 N–H and O–H groups in total. The number of alkyl halides is 4. The van der Waals surface area contributed by atoms with E-state index in [4.69, 9.17) is 9.47 Å². The van der Waals surface area contributed by atoms with Gasteiger partial charge in [-0.3, -0.25) is 0 Å². The van der Waals surface area contributed by atoms with Gasteiger partial charge in [0, 0.05) is 13.0 Å². The van der Waals surface area contributed by atoms with Crippen molar-refractivity contribution in [3.05, 3.63) is 23.8 Å². The van der Waals surface area contributed by atoms with E-state index in [0.29, 0.717) is 30.3 Å². The highest BCUT2D eigenvalue weighted by molar-refractivity contribution is 5.43. The summed E-state index contributed by atoms with van der Waals surface area (Å²) in [6.45, 7) is 0.0661. The molecule has 3 nitrogen and oxygen atoms in total. The maximum Gasteiger partial charge on any atom is 0.319 e. The lowest BCUT2D eigenvalue weighted by atomic mass is 10.2. The Morgan fingerprint density at radius 3 is 2.55 bits per heavy atom. The third kappa shape index (κ3) is 3.75. The minimum Gasteiger partial charge on any atom is -0.490 e. The smallest absolute Gasteiger partial charge is 0.319 e. The second-order valence-electron chi connectivity index (χ2n) is 4.50. The van der Waals surface area contributed by atoms with Gasteiger partial charge in [0.15, 0.2) is 11.5 Å². The highest BCUT2D eigenvalue weighted by atomic mass is 19.3. The highest BCUT2D eigenvalue weighted by Crippen LogP contribution is 2.30. The molecule has 0 spiro atoms. The number of halogens is 4. The van der Waals surface area contributed by atoms with Crippen LogP contribution in [0, 0.1) is 0 Å². The van der Waals surface area contributed by atoms with Crippen molar-refractivity contribution in [2.24, 2.45) is 0 Å². The first kappa shape index (κ1) is 14.9. The molecule has 112 valence electrons. The minimum atomic E-state index is -4.02. The van der Waals surface area contributed by atoms with E-state index in [0.717, 1.165) is 6.42 Å². The summed E-state index contributed by atoms with van der Waals surface area (Å²) in [5.74, 6) is -2.88. The van der Waals surface area contributed by atoms with E-state index >= 15 is 0 Å². The molecule has 1 aromatic carbocycles. The molecule has 1 aliphatic heterocycles. The Morgan fingerprint density at radius 1 is 1.15 bits per heavy atom. The minimum absolute atomic E-state index is 0.0545. The predicted octanol–water partition coefficient (Wildman–Crippen LogP) is 2.84. The average molecular weight is 293 g/mol. The van der Waals surface area contributed by atoms with E-state index in [-0.39, 0.29) is 6.54 Å². The number of rotatable bonds is 5. The van der Waals surface area contributed by atoms with Crippen molar-refractivity contribution in [2.75, 3.05) is 19.8 Å². The van der Waals surface area contributed by atoms with Gasteiger partial charge in [-0.2, -0.15) is 8.78 Å². The molecule has 0 saturated heterocycles. The van der Waals surface area contributed by atoms with Gasteiger partial charge in [-0.15, -0.1) is 0 Å². The number of fused-ring (bicyclic) bond motifs is 1. The topological polar surface area (TPSA) is 30.5 Å². The fraction of sp³-hybridized carbons (Fsp3) is 0.538. The van der Waals surface area contributed by atoms with Crippen LogP contribution in [0.25, 0.3) is 0 Å². The van der Waals surface area contributed by atoms with E-state index in [1.54, 1.807) is 18.2 Å². The van der Waals surface area contributed by atoms with Crippen LogP contribution < -0.4 is 14.8 Å². The van der Waals surface area contributed by atoms with Crippen LogP contribution >= 0.6 is 0 Å². The quantitative estimate of drug-likeness (QED) is 0.847. The highest BCUT2D eigenvalue weighted by Gasteiger charge is 2.39. The molecule has 1 aliphatic rings. The zero-order valence-electron chi connectivity index (χ0n) is 10.7. The summed E-state index contributed by atoms with van der Waals surface area (Å²) in [5.41, 5.74) is 0.666. The molecule has 1 heterocycles. The first-order valence-electron chi connectivity index (χ1n) is 6.24. The Labute approximate surface area is 113 Å². The van der Waals surface area contributed by atoms with Crippen molar-refractivity contribution >= 4 is 0 Å². The molecule has 0 bridgehead atoms. The fourth-order valence-corrected chi connectivity index (χ4v) is 1.77. The zero-order chi connectivity index (χ0) is 14.6. The summed E-state index contributed by atoms with van der Waals surface area (Å²) < 4.78 is 60.3. The molecule has 0 aliphatic carbocycles. The number of ether oxygens (including phenoxy) is 2. The molecule has 7 heteroatoms. The normalized spacial score (nSPS) is 15.2. The molecule has 0 fully saturated rings. The SMILES string of the molecule is FC(F)C(F)(F)CNCc1ccc2c(c1)OCCCO2. The molecule has 0 radical (unpaired) electrons. The van der Waals surface area contributed by atoms with Crippen molar-refractivity contribution in [1.82, 2.24) is 5.32 Å². The van der Waals surface area contributed by atoms with Crippen LogP contribution in [-0.2, 0) is 6.54 Å². The van der Waals surface area contributed by atoms with Crippen LogP contribution in [0.4, 0.5) is 17.6 Å². The van der Waals surface area contributed by atoms with Gasteiger partial charge >= 0.3 is 12.3 Å². The second-order valence-corrected chi connectivity index (χ2v) is 4.50. The second kappa shape index (κ2) is 6.30. The number of nitrogens with one attached hydrogen (secondary N) is 1. The molecular formula is C13H15F4NO2. The van der Waals surface area contributed by atoms with Crippen LogP contribution in [0.1, 0.15) is 12.0 Å². The summed E-state index contributed by atoms with van der Waals surface area (Å²) in [4.78, 5) is 0. The van der Waals surface area contributed by atoms with Gasteiger partial charge in [0.25, 0.3) is 0 Å². The molecule has 20 heavy (non-hydrogen) atoms. The number of benzene rings is 1. The Balaban J connectivity index is 1.92. The summed E-state index contributed by atoms with van der Waals surface area (Å²) in [6, 6.07) is 5.03. The molecule has 0 amide bonds. The van der Waals surface area contributed by atoms with E-state index < -0.39 is 18.9 Å². The van der Waals surface area contributed by atoms with Crippen LogP contribution in [0.5, 0.6) is 11.5 Å². The molecule has 0 unspecified atom stereocenters. The Kier molecular flexibility index (Phi) is 4.69. The first-order chi connectivity index (χ1) is 9.49. The molecular weight excluding hydrogens is 278 g/mol. The standard InChI is InChI=1S/C13H15F4NO2/c14-12(15)13(16,17)8-18-7-9-2-3-10-11(6-9)20-5-1-4-19-10/h2-3,6,12,18H,1,4-5,7-8H2. The molecule has 0 saturated carbocycles. The van der Waals surface area contributed by atoms with Crippen molar-refractivity contribution in [3.63, 3.8) is 0 Å². The number of hydrogen-bond donors (Lipinski definition) is 1. The van der Waals surface area contributed by atoms with Crippen LogP contribution in [-0.4, -0.2) is 32.1 Å². The van der Waals surface area contributed by atoms with Crippen molar-refractivity contribution in [1.29, 1.82) is 0 Å². The zero-order valence-corrected chi connectivity index (χ0v) is 10.7. The fourth-order valence-electron chi connectivity index (χ4n) is 1.77. The van der Waals surface area contributed by atoms with Crippen LogP contribution in [0.15, 0.2) is 18.2 Å². The summed E-state index contributed by atoms with van der Waals surface area (Å²) >= 11 is 0. The Hall–Kier alpha value is -1.50. The van der Waals surface area contributed by atoms with E-state index in [1.165, 1.54) is 0 Å². The largest absolute Gasteiger partial charge is 0.490 e. The Bertz CT molecular complexity index is 454. The summed E-state index contributed by atoms with van der Waals surface area (Å²) in [5, 5.41) is 2.32. The lowest BCUT2D eigenvalue weighted by molar-refractivity contribution is -0.125. The van der Waals surface area contributed by atoms with Crippen molar-refractivity contribution < 1.29 is 27.0 Å². The lowest BCUT2D eigenvalue weighted by Gasteiger charge is -2.16. The first-order valence-corrected chi connectivity index (χ1v) is 6.24. The summed E-state index contributed by atoms with van der Waals surface area (Å²) in [6.07, 6.45) is -2.90. The van der Waals surface area contributed by atoms with Gasteiger partial charge in [0.05, 0.1) is 19.8 Å². The third-order valence-corrected chi connectivity index (χ3v) is 2.82. The molecule has 2 rings (SSSR count). The Morgan fingerprint density at radius 2 is 1.85 bits per heavy atom. The number of hydrogen-bond acceptors (Lipinski definition) is 3. The van der Waals surface area contributed by atoms with Gasteiger partial charge in [0.2, 0.25) is 0 Å². The van der Waals surface area contributed by atoms with E-state index in [1.807, 2.05) is 0 Å². The molecule has 1 aromatic rings. The maximum atomic E-state index is 12.7. The summed E-state index contributed by atoms with van der Waals surface area (Å²) in [7, 11) is 0. The average Bonchev–Trinajstić information content (AvgIpc) is 2.63.